The lowest BCUT2D eigenvalue weighted by molar-refractivity contribution is -0.135. The van der Waals surface area contributed by atoms with Crippen molar-refractivity contribution in [2.75, 3.05) is 6.54 Å². The minimum absolute atomic E-state index is 0.0293. The van der Waals surface area contributed by atoms with E-state index in [1.165, 1.54) is 13.0 Å². The number of nitrogens with one attached hydrogen (secondary N) is 1. The van der Waals surface area contributed by atoms with Gasteiger partial charge in [-0.3, -0.25) is 9.59 Å². The smallest absolute Gasteiger partial charge is 0.322 e. The van der Waals surface area contributed by atoms with Gasteiger partial charge in [-0.2, -0.15) is 0 Å². The van der Waals surface area contributed by atoms with E-state index in [-0.39, 0.29) is 34.3 Å². The molecule has 0 spiro atoms. The van der Waals surface area contributed by atoms with E-state index in [1.807, 2.05) is 6.07 Å². The fourth-order valence-corrected chi connectivity index (χ4v) is 2.35. The Morgan fingerprint density at radius 3 is 2.62 bits per heavy atom. The van der Waals surface area contributed by atoms with Crippen LogP contribution in [0.3, 0.4) is 0 Å². The van der Waals surface area contributed by atoms with Crippen LogP contribution in [-0.2, 0) is 4.79 Å². The van der Waals surface area contributed by atoms with Crippen LogP contribution in [0.4, 0.5) is 0 Å². The Balaban J connectivity index is 2.12. The molecule has 7 nitrogen and oxygen atoms in total. The number of nitrogens with zero attached hydrogens (tertiary/aromatic N) is 1. The molecule has 0 aliphatic carbocycles. The van der Waals surface area contributed by atoms with E-state index in [2.05, 4.69) is 10.3 Å². The van der Waals surface area contributed by atoms with Gasteiger partial charge in [0.25, 0.3) is 5.91 Å². The van der Waals surface area contributed by atoms with Gasteiger partial charge in [0, 0.05) is 16.5 Å². The number of hydrogen-bond acceptors (Lipinski definition) is 5. The Labute approximate surface area is 151 Å². The van der Waals surface area contributed by atoms with Gasteiger partial charge in [-0.15, -0.1) is 0 Å². The first-order chi connectivity index (χ1) is 13.3. The zero-order valence-corrected chi connectivity index (χ0v) is 13.7. The van der Waals surface area contributed by atoms with Gasteiger partial charge in [0.2, 0.25) is 0 Å². The molecule has 3 rings (SSSR count). The minimum Gasteiger partial charge on any atom is -0.505 e. The van der Waals surface area contributed by atoms with Crippen molar-refractivity contribution in [1.82, 2.24) is 10.3 Å². The fraction of sp³-hybridized carbons (Fsp3) is 0.105. The van der Waals surface area contributed by atoms with Crippen molar-refractivity contribution in [3.05, 3.63) is 59.9 Å². The number of rotatable bonds is 5. The molecule has 0 fully saturated rings. The van der Waals surface area contributed by atoms with Crippen molar-refractivity contribution in [3.8, 4) is 17.2 Å². The van der Waals surface area contributed by atoms with E-state index in [9.17, 15) is 14.7 Å². The van der Waals surface area contributed by atoms with Crippen LogP contribution in [0, 0.1) is 6.92 Å². The number of aryl methyl sites for hydroxylation is 1. The summed E-state index contributed by atoms with van der Waals surface area (Å²) in [7, 11) is 0. The maximum Gasteiger partial charge on any atom is 0.322 e. The molecule has 0 aliphatic heterocycles. The van der Waals surface area contributed by atoms with E-state index in [0.29, 0.717) is 5.75 Å². The number of para-hydroxylation sites is 1. The lowest BCUT2D eigenvalue weighted by Crippen LogP contribution is -2.30. The van der Waals surface area contributed by atoms with Crippen LogP contribution in [0.2, 0.25) is 0 Å². The number of hydrogen-bond donors (Lipinski definition) is 3. The Bertz CT molecular complexity index is 1090. The second-order valence-corrected chi connectivity index (χ2v) is 5.41. The van der Waals surface area contributed by atoms with Gasteiger partial charge < -0.3 is 20.3 Å². The molecule has 1 heterocycles. The van der Waals surface area contributed by atoms with E-state index >= 15 is 0 Å². The van der Waals surface area contributed by atoms with Gasteiger partial charge in [-0.25, -0.2) is 4.98 Å². The van der Waals surface area contributed by atoms with Gasteiger partial charge >= 0.3 is 5.97 Å². The standard InChI is InChI=1S/C19H16N2O5/c1-11-15-9-13(26-12-5-3-2-4-6-12)7-8-14(15)18(24)17(21-11)19(25)20-10-16(22)23/h2-9,24H,10H2,1H3,(H,20,25)(H,22,23)/i8D,9D. The molecule has 0 saturated heterocycles. The largest absolute Gasteiger partial charge is 0.505 e. The molecule has 3 aromatic rings. The number of aromatic nitrogens is 1. The second kappa shape index (κ2) is 7.10. The van der Waals surface area contributed by atoms with Crippen molar-refractivity contribution in [2.45, 2.75) is 6.92 Å². The normalized spacial score (nSPS) is 11.6. The average molecular weight is 354 g/mol. The zero-order valence-electron chi connectivity index (χ0n) is 15.7. The molecule has 0 radical (unpaired) electrons. The van der Waals surface area contributed by atoms with E-state index in [4.69, 9.17) is 12.6 Å². The summed E-state index contributed by atoms with van der Waals surface area (Å²) >= 11 is 0. The molecule has 1 aromatic heterocycles. The average Bonchev–Trinajstić information content (AvgIpc) is 2.66. The molecule has 2 aromatic carbocycles. The monoisotopic (exact) mass is 354 g/mol. The van der Waals surface area contributed by atoms with Gasteiger partial charge in [0.1, 0.15) is 18.0 Å². The van der Waals surface area contributed by atoms with Crippen LogP contribution in [0.15, 0.2) is 48.5 Å². The highest BCUT2D eigenvalue weighted by molar-refractivity contribution is 6.03. The third-order valence-corrected chi connectivity index (χ3v) is 3.53. The molecule has 3 N–H and O–H groups in total. The molecule has 132 valence electrons. The number of aliphatic carboxylic acids is 1. The molecule has 0 bridgehead atoms. The minimum atomic E-state index is -1.25. The summed E-state index contributed by atoms with van der Waals surface area (Å²) in [5.74, 6) is -2.14. The third-order valence-electron chi connectivity index (χ3n) is 3.53. The number of benzene rings is 2. The first kappa shape index (κ1) is 14.7. The number of ether oxygens (including phenoxy) is 1. The number of carboxylic acids is 1. The number of pyridine rings is 1. The summed E-state index contributed by atoms with van der Waals surface area (Å²) in [5.41, 5.74) is -0.179. The molecule has 1 amide bonds. The van der Waals surface area contributed by atoms with Gasteiger partial charge in [-0.05, 0) is 37.2 Å². The number of carbonyl (C=O) groups excluding carboxylic acids is 1. The number of carbonyl (C=O) groups is 2. The van der Waals surface area contributed by atoms with Gasteiger partial charge in [-0.1, -0.05) is 18.2 Å². The Morgan fingerprint density at radius 1 is 1.19 bits per heavy atom. The van der Waals surface area contributed by atoms with Crippen LogP contribution in [0.1, 0.15) is 18.9 Å². The second-order valence-electron chi connectivity index (χ2n) is 5.41. The van der Waals surface area contributed by atoms with Crippen LogP contribution in [0.5, 0.6) is 17.2 Å². The Kier molecular flexibility index (Phi) is 4.02. The van der Waals surface area contributed by atoms with Crippen molar-refractivity contribution in [1.29, 1.82) is 0 Å². The van der Waals surface area contributed by atoms with E-state index in [1.54, 1.807) is 24.3 Å². The molecular weight excluding hydrogens is 336 g/mol. The highest BCUT2D eigenvalue weighted by Crippen LogP contribution is 2.33. The maximum absolute atomic E-state index is 12.1. The van der Waals surface area contributed by atoms with Crippen LogP contribution < -0.4 is 10.1 Å². The predicted molar refractivity (Wildman–Crippen MR) is 94.6 cm³/mol. The van der Waals surface area contributed by atoms with Gasteiger partial charge in [0.05, 0.1) is 2.74 Å². The molecule has 0 aliphatic rings. The number of carboxylic acid groups (broad SMARTS) is 1. The molecule has 7 heteroatoms. The number of fused-ring (bicyclic) bond motifs is 1. The SMILES string of the molecule is [2H]c1cc(Oc2ccccc2)c([2H])c2c(C)nc(C(=O)NCC(=O)O)c(O)c12. The van der Waals surface area contributed by atoms with Crippen LogP contribution in [0.25, 0.3) is 10.8 Å². The highest BCUT2D eigenvalue weighted by atomic mass is 16.5. The third kappa shape index (κ3) is 3.56. The summed E-state index contributed by atoms with van der Waals surface area (Å²) in [6.45, 7) is 0.887. The maximum atomic E-state index is 12.1. The van der Waals surface area contributed by atoms with Crippen molar-refractivity contribution in [2.24, 2.45) is 0 Å². The van der Waals surface area contributed by atoms with Crippen molar-refractivity contribution in [3.63, 3.8) is 0 Å². The Morgan fingerprint density at radius 2 is 1.92 bits per heavy atom. The van der Waals surface area contributed by atoms with E-state index < -0.39 is 29.9 Å². The zero-order chi connectivity index (χ0) is 20.4. The first-order valence-corrected chi connectivity index (χ1v) is 7.66. The fourth-order valence-electron chi connectivity index (χ4n) is 2.35. The van der Waals surface area contributed by atoms with E-state index in [0.717, 1.165) is 0 Å². The Hall–Kier alpha value is -3.61. The first-order valence-electron chi connectivity index (χ1n) is 8.66. The van der Waals surface area contributed by atoms with Crippen LogP contribution in [-0.4, -0.2) is 33.6 Å². The molecular formula is C19H16N2O5. The van der Waals surface area contributed by atoms with Gasteiger partial charge in [0.15, 0.2) is 11.4 Å². The summed E-state index contributed by atoms with van der Waals surface area (Å²) in [6, 6.07) is 9.77. The molecule has 0 unspecified atom stereocenters. The lowest BCUT2D eigenvalue weighted by atomic mass is 10.1. The summed E-state index contributed by atoms with van der Waals surface area (Å²) in [4.78, 5) is 26.8. The van der Waals surface area contributed by atoms with Crippen LogP contribution >= 0.6 is 0 Å². The number of amides is 1. The lowest BCUT2D eigenvalue weighted by Gasteiger charge is -2.12. The molecule has 0 saturated carbocycles. The summed E-state index contributed by atoms with van der Waals surface area (Å²) in [6.07, 6.45) is 0. The van der Waals surface area contributed by atoms with Crippen molar-refractivity contribution < 1.29 is 27.3 Å². The molecule has 0 atom stereocenters. The quantitative estimate of drug-likeness (QED) is 0.650. The summed E-state index contributed by atoms with van der Waals surface area (Å²) in [5, 5.41) is 21.4. The molecule has 26 heavy (non-hydrogen) atoms. The van der Waals surface area contributed by atoms with Crippen molar-refractivity contribution >= 4 is 22.6 Å². The predicted octanol–water partition coefficient (Wildman–Crippen LogP) is 2.86. The summed E-state index contributed by atoms with van der Waals surface area (Å²) < 4.78 is 22.3. The number of aromatic hydroxyl groups is 1. The topological polar surface area (TPSA) is 109 Å². The highest BCUT2D eigenvalue weighted by Gasteiger charge is 2.18.